The minimum Gasteiger partial charge on any atom is -0.264 e. The minimum atomic E-state index is 1.53. The molecule has 0 rings (SSSR count). The van der Waals surface area contributed by atoms with E-state index in [-0.39, 0.29) is 0 Å². The molecule has 0 saturated heterocycles. The molecule has 5 heavy (non-hydrogen) atoms. The van der Waals surface area contributed by atoms with Crippen LogP contribution in [0.3, 0.4) is 0 Å². The highest BCUT2D eigenvalue weighted by Gasteiger charge is 1.98. The number of rotatable bonds is 2. The monoisotopic (exact) mass is 69.1 g/mol. The average Bonchev–Trinajstić information content (AvgIpc) is 1.41. The van der Waals surface area contributed by atoms with Gasteiger partial charge in [0.05, 0.1) is 0 Å². The molecule has 0 heterocycles. The van der Waals surface area contributed by atoms with Crippen LogP contribution in [0.25, 0.3) is 0 Å². The van der Waals surface area contributed by atoms with Gasteiger partial charge in [0, 0.05) is 0 Å². The van der Waals surface area contributed by atoms with Crippen molar-refractivity contribution in [1.29, 1.82) is 0 Å². The van der Waals surface area contributed by atoms with Gasteiger partial charge in [-0.1, -0.05) is 0 Å². The Kier molecular flexibility index (Phi) is 3.00. The zero-order valence-electron chi connectivity index (χ0n) is 2.99. The van der Waals surface area contributed by atoms with Gasteiger partial charge in [0.15, 0.2) is 0 Å². The van der Waals surface area contributed by atoms with E-state index in [9.17, 15) is 0 Å². The first-order chi connectivity index (χ1) is 2.41. The van der Waals surface area contributed by atoms with Gasteiger partial charge in [-0.05, 0) is 0 Å². The van der Waals surface area contributed by atoms with Crippen LogP contribution in [0.5, 0.6) is 0 Å². The topological polar surface area (TPSA) is 27.9 Å². The summed E-state index contributed by atoms with van der Waals surface area (Å²) < 4.78 is 0. The summed E-state index contributed by atoms with van der Waals surface area (Å²) in [7, 11) is 1.53. The van der Waals surface area contributed by atoms with Crippen molar-refractivity contribution >= 4 is 21.0 Å². The lowest BCUT2D eigenvalue weighted by atomic mass is 10.2. The Morgan fingerprint density at radius 1 is 1.20 bits per heavy atom. The molecule has 0 aliphatic carbocycles. The summed E-state index contributed by atoms with van der Waals surface area (Å²) in [4.78, 5) is 4.94. The largest absolute Gasteiger partial charge is 0.969 e. The lowest BCUT2D eigenvalue weighted by Crippen LogP contribution is -2.92. The van der Waals surface area contributed by atoms with Gasteiger partial charge in [-0.15, -0.1) is 0 Å². The van der Waals surface area contributed by atoms with Crippen molar-refractivity contribution in [3.8, 4) is 0 Å². The standard InChI is InChI=1S/C2H6BN2/c1-4-3-5-2/h4-5H,1-2H2/q+2. The van der Waals surface area contributed by atoms with E-state index in [0.29, 0.717) is 0 Å². The Balaban J connectivity index is 2.65. The third kappa shape index (κ3) is 3.40. The first-order valence-corrected chi connectivity index (χ1v) is 1.28. The minimum absolute atomic E-state index is 1.53. The third-order valence-corrected chi connectivity index (χ3v) is 0.204. The van der Waals surface area contributed by atoms with Crippen LogP contribution in [0, 0.1) is 0 Å². The van der Waals surface area contributed by atoms with E-state index >= 15 is 0 Å². The fraction of sp³-hybridized carbons (Fsp3) is 0. The Bertz CT molecular complexity index is 36.9. The summed E-state index contributed by atoms with van der Waals surface area (Å²) in [6, 6.07) is 0. The molecule has 0 aliphatic rings. The molecule has 0 aromatic carbocycles. The zero-order chi connectivity index (χ0) is 4.12. The third-order valence-electron chi connectivity index (χ3n) is 0.204. The second-order valence-corrected chi connectivity index (χ2v) is 0.553. The van der Waals surface area contributed by atoms with Crippen molar-refractivity contribution in [2.24, 2.45) is 0 Å². The second kappa shape index (κ2) is 3.40. The normalized spacial score (nSPS) is 5.60. The van der Waals surface area contributed by atoms with Gasteiger partial charge in [-0.3, -0.25) is 9.81 Å². The predicted octanol–water partition coefficient (Wildman–Crippen LogP) is -3.92. The van der Waals surface area contributed by atoms with E-state index in [0.717, 1.165) is 0 Å². The molecule has 0 aromatic rings. The molecule has 0 atom stereocenters. The van der Waals surface area contributed by atoms with Crippen molar-refractivity contribution in [3.63, 3.8) is 0 Å². The summed E-state index contributed by atoms with van der Waals surface area (Å²) in [5.74, 6) is 0. The molecule has 0 unspecified atom stereocenters. The summed E-state index contributed by atoms with van der Waals surface area (Å²) >= 11 is 0. The van der Waals surface area contributed by atoms with Gasteiger partial charge >= 0.3 is 7.55 Å². The van der Waals surface area contributed by atoms with Crippen molar-refractivity contribution < 1.29 is 9.81 Å². The van der Waals surface area contributed by atoms with Crippen molar-refractivity contribution in [2.45, 2.75) is 0 Å². The summed E-state index contributed by atoms with van der Waals surface area (Å²) in [5.41, 5.74) is 0. The molecule has 1 radical (unpaired) electrons. The summed E-state index contributed by atoms with van der Waals surface area (Å²) in [6.45, 7) is 6.53. The van der Waals surface area contributed by atoms with E-state index in [1.165, 1.54) is 7.55 Å². The molecule has 0 spiro atoms. The van der Waals surface area contributed by atoms with Crippen molar-refractivity contribution in [1.82, 2.24) is 0 Å². The number of nitrogens with one attached hydrogen (secondary N) is 2. The number of hydrogen-bond acceptors (Lipinski definition) is 0. The zero-order valence-corrected chi connectivity index (χ0v) is 2.99. The van der Waals surface area contributed by atoms with Crippen LogP contribution in [0.2, 0.25) is 0 Å². The van der Waals surface area contributed by atoms with Crippen LogP contribution in [0.4, 0.5) is 0 Å². The van der Waals surface area contributed by atoms with Gasteiger partial charge in [0.25, 0.3) is 0 Å². The molecule has 0 saturated carbocycles. The average molecular weight is 68.9 g/mol. The molecule has 0 bridgehead atoms. The van der Waals surface area contributed by atoms with Crippen LogP contribution in [-0.4, -0.2) is 21.0 Å². The molecule has 0 aromatic heterocycles. The van der Waals surface area contributed by atoms with Crippen molar-refractivity contribution in [3.05, 3.63) is 0 Å². The lowest BCUT2D eigenvalue weighted by Gasteiger charge is -1.42. The second-order valence-electron chi connectivity index (χ2n) is 0.553. The van der Waals surface area contributed by atoms with Crippen LogP contribution in [0.1, 0.15) is 0 Å². The highest BCUT2D eigenvalue weighted by molar-refractivity contribution is 6.11. The smallest absolute Gasteiger partial charge is 0.264 e. The van der Waals surface area contributed by atoms with Gasteiger partial charge in [-0.25, -0.2) is 0 Å². The fourth-order valence-electron chi connectivity index (χ4n) is 0.0722. The van der Waals surface area contributed by atoms with Crippen LogP contribution >= 0.6 is 0 Å². The highest BCUT2D eigenvalue weighted by atomic mass is 14.7. The van der Waals surface area contributed by atoms with Gasteiger partial charge in [0.2, 0.25) is 0 Å². The molecule has 3 heteroatoms. The quantitative estimate of drug-likeness (QED) is 0.245. The van der Waals surface area contributed by atoms with E-state index in [1.807, 2.05) is 0 Å². The molecule has 0 aliphatic heterocycles. The SMILES string of the molecule is C=[NH+][B][NH+]=C. The van der Waals surface area contributed by atoms with Crippen LogP contribution in [0.15, 0.2) is 0 Å². The molecule has 25 valence electrons. The fourth-order valence-corrected chi connectivity index (χ4v) is 0.0722. The highest BCUT2D eigenvalue weighted by Crippen LogP contribution is 0.618. The molecular formula is C2H6BN2+2. The Morgan fingerprint density at radius 2 is 1.60 bits per heavy atom. The summed E-state index contributed by atoms with van der Waals surface area (Å²) in [5, 5.41) is 0. The number of hydrogen-bond donors (Lipinski definition) is 2. The van der Waals surface area contributed by atoms with E-state index in [2.05, 4.69) is 23.2 Å². The predicted molar refractivity (Wildman–Crippen MR) is 21.9 cm³/mol. The maximum absolute atomic E-state index is 3.27. The van der Waals surface area contributed by atoms with Crippen LogP contribution < -0.4 is 9.81 Å². The first kappa shape index (κ1) is 4.40. The van der Waals surface area contributed by atoms with E-state index < -0.39 is 0 Å². The summed E-state index contributed by atoms with van der Waals surface area (Å²) in [6.07, 6.45) is 0. The Labute approximate surface area is 31.9 Å². The van der Waals surface area contributed by atoms with E-state index in [1.54, 1.807) is 0 Å². The maximum Gasteiger partial charge on any atom is 0.969 e. The lowest BCUT2D eigenvalue weighted by molar-refractivity contribution is -0.416. The molecule has 2 nitrogen and oxygen atoms in total. The van der Waals surface area contributed by atoms with Crippen LogP contribution in [-0.2, 0) is 0 Å². The maximum atomic E-state index is 3.27. The Morgan fingerprint density at radius 3 is 1.60 bits per heavy atom. The Hall–Kier alpha value is -0.595. The van der Waals surface area contributed by atoms with Gasteiger partial charge in [0.1, 0.15) is 13.4 Å². The van der Waals surface area contributed by atoms with Crippen molar-refractivity contribution in [2.75, 3.05) is 0 Å². The molecule has 0 fully saturated rings. The van der Waals surface area contributed by atoms with Gasteiger partial charge < -0.3 is 0 Å². The molecule has 2 N–H and O–H groups in total. The molecular weight excluding hydrogens is 62.8 g/mol. The van der Waals surface area contributed by atoms with Gasteiger partial charge in [-0.2, -0.15) is 0 Å². The first-order valence-electron chi connectivity index (χ1n) is 1.28. The van der Waals surface area contributed by atoms with E-state index in [4.69, 9.17) is 0 Å². The molecule has 0 amide bonds.